The molecule has 0 radical (unpaired) electrons. The second-order valence-electron chi connectivity index (χ2n) is 17.1. The summed E-state index contributed by atoms with van der Waals surface area (Å²) in [6.45, 7) is 6.50. The van der Waals surface area contributed by atoms with E-state index in [9.17, 15) is 14.4 Å². The minimum Gasteiger partial charge on any atom is -0.462 e. The average molecular weight is 841 g/mol. The van der Waals surface area contributed by atoms with E-state index in [1.165, 1.54) is 116 Å². The molecule has 0 aliphatic carbocycles. The van der Waals surface area contributed by atoms with Gasteiger partial charge in [0.15, 0.2) is 6.10 Å². The molecule has 0 heterocycles. The van der Waals surface area contributed by atoms with Crippen LogP contribution < -0.4 is 0 Å². The Hall–Kier alpha value is -2.63. The third-order valence-electron chi connectivity index (χ3n) is 11.1. The summed E-state index contributed by atoms with van der Waals surface area (Å²) in [7, 11) is 0. The Labute approximate surface area is 371 Å². The van der Waals surface area contributed by atoms with Gasteiger partial charge in [-0.3, -0.25) is 14.4 Å². The molecule has 1 atom stereocenters. The van der Waals surface area contributed by atoms with Crippen LogP contribution >= 0.6 is 0 Å². The second kappa shape index (κ2) is 49.0. The third kappa shape index (κ3) is 46.4. The summed E-state index contributed by atoms with van der Waals surface area (Å²) in [5.41, 5.74) is 0. The lowest BCUT2D eigenvalue weighted by molar-refractivity contribution is -0.167. The van der Waals surface area contributed by atoms with Gasteiger partial charge in [-0.05, 0) is 77.0 Å². The molecular formula is C54H96O6. The molecule has 0 saturated heterocycles. The number of hydrogen-bond donors (Lipinski definition) is 0. The van der Waals surface area contributed by atoms with Crippen LogP contribution in [-0.2, 0) is 28.6 Å². The van der Waals surface area contributed by atoms with Crippen molar-refractivity contribution in [1.82, 2.24) is 0 Å². The van der Waals surface area contributed by atoms with Gasteiger partial charge in [-0.2, -0.15) is 0 Å². The molecule has 0 aliphatic rings. The van der Waals surface area contributed by atoms with Crippen LogP contribution in [-0.4, -0.2) is 37.2 Å². The zero-order valence-corrected chi connectivity index (χ0v) is 39.7. The Balaban J connectivity index is 4.40. The van der Waals surface area contributed by atoms with Gasteiger partial charge in [0.05, 0.1) is 0 Å². The van der Waals surface area contributed by atoms with Crippen molar-refractivity contribution < 1.29 is 28.6 Å². The Bertz CT molecular complexity index is 1060. The molecule has 0 rings (SSSR count). The van der Waals surface area contributed by atoms with Crippen LogP contribution in [0.2, 0.25) is 0 Å². The summed E-state index contributed by atoms with van der Waals surface area (Å²) in [5.74, 6) is -0.898. The number of carbonyl (C=O) groups is 3. The fourth-order valence-corrected chi connectivity index (χ4v) is 7.22. The first-order valence-electron chi connectivity index (χ1n) is 25.6. The zero-order valence-electron chi connectivity index (χ0n) is 39.7. The lowest BCUT2D eigenvalue weighted by atomic mass is 10.0. The maximum atomic E-state index is 12.8. The fraction of sp³-hybridized carbons (Fsp3) is 0.796. The summed E-state index contributed by atoms with van der Waals surface area (Å²) in [6, 6.07) is 0. The van der Waals surface area contributed by atoms with Crippen LogP contribution in [0.25, 0.3) is 0 Å². The zero-order chi connectivity index (χ0) is 43.7. The van der Waals surface area contributed by atoms with E-state index in [-0.39, 0.29) is 31.1 Å². The van der Waals surface area contributed by atoms with E-state index < -0.39 is 6.10 Å². The first-order valence-corrected chi connectivity index (χ1v) is 25.6. The lowest BCUT2D eigenvalue weighted by Gasteiger charge is -2.18. The Kier molecular flexibility index (Phi) is 46.9. The van der Waals surface area contributed by atoms with Crippen molar-refractivity contribution in [2.75, 3.05) is 13.2 Å². The standard InChI is InChI=1S/C54H96O6/c1-4-7-10-13-16-19-22-25-27-30-32-35-38-41-44-47-53(56)59-50-51(49-58-52(55)46-43-40-37-34-31-28-24-21-18-15-12-9-6-3)60-54(57)48-45-42-39-36-33-29-26-23-20-17-14-11-8-5-2/h7,10,16,19,21,24-25,27,51H,4-6,8-9,11-15,17-18,20,22-23,26,28-50H2,1-3H3/b10-7-,19-16-,24-21-,27-25-/t51-/m0/s1. The van der Waals surface area contributed by atoms with Crippen LogP contribution in [0, 0.1) is 0 Å². The lowest BCUT2D eigenvalue weighted by Crippen LogP contribution is -2.30. The highest BCUT2D eigenvalue weighted by molar-refractivity contribution is 5.71. The highest BCUT2D eigenvalue weighted by atomic mass is 16.6. The van der Waals surface area contributed by atoms with E-state index in [4.69, 9.17) is 14.2 Å². The Morgan fingerprint density at radius 2 is 0.650 bits per heavy atom. The number of esters is 3. The highest BCUT2D eigenvalue weighted by Crippen LogP contribution is 2.15. The van der Waals surface area contributed by atoms with Crippen molar-refractivity contribution in [3.05, 3.63) is 48.6 Å². The van der Waals surface area contributed by atoms with Crippen LogP contribution in [0.5, 0.6) is 0 Å². The summed E-state index contributed by atoms with van der Waals surface area (Å²) >= 11 is 0. The van der Waals surface area contributed by atoms with Crippen molar-refractivity contribution in [1.29, 1.82) is 0 Å². The molecule has 0 unspecified atom stereocenters. The Morgan fingerprint density at radius 3 is 1.05 bits per heavy atom. The first kappa shape index (κ1) is 57.4. The maximum absolute atomic E-state index is 12.8. The van der Waals surface area contributed by atoms with E-state index in [0.29, 0.717) is 19.3 Å². The monoisotopic (exact) mass is 841 g/mol. The van der Waals surface area contributed by atoms with Crippen LogP contribution in [0.1, 0.15) is 258 Å². The number of allylic oxidation sites excluding steroid dienone is 8. The molecule has 0 aliphatic heterocycles. The predicted molar refractivity (Wildman–Crippen MR) is 256 cm³/mol. The van der Waals surface area contributed by atoms with Gasteiger partial charge in [0.1, 0.15) is 13.2 Å². The molecule has 0 N–H and O–H groups in total. The summed E-state index contributed by atoms with van der Waals surface area (Å²) < 4.78 is 16.8. The minimum absolute atomic E-state index is 0.0809. The van der Waals surface area contributed by atoms with Crippen molar-refractivity contribution in [3.63, 3.8) is 0 Å². The molecule has 0 amide bonds. The smallest absolute Gasteiger partial charge is 0.306 e. The third-order valence-corrected chi connectivity index (χ3v) is 11.1. The van der Waals surface area contributed by atoms with Gasteiger partial charge < -0.3 is 14.2 Å². The molecule has 0 aromatic heterocycles. The summed E-state index contributed by atoms with van der Waals surface area (Å²) in [6.07, 6.45) is 58.0. The van der Waals surface area contributed by atoms with Crippen molar-refractivity contribution >= 4 is 17.9 Å². The average Bonchev–Trinajstić information content (AvgIpc) is 3.24. The first-order chi connectivity index (χ1) is 29.5. The molecular weight excluding hydrogens is 745 g/mol. The number of carbonyl (C=O) groups excluding carboxylic acids is 3. The van der Waals surface area contributed by atoms with Crippen LogP contribution in [0.3, 0.4) is 0 Å². The predicted octanol–water partition coefficient (Wildman–Crippen LogP) is 16.7. The topological polar surface area (TPSA) is 78.9 Å². The SMILES string of the molecule is CC/C=C\C/C=C\C/C=C\CCCCCCCC(=O)OC[C@H](COC(=O)CCCCCCC/C=C\CCCCCC)OC(=O)CCCCCCCCCCCCCCCC. The quantitative estimate of drug-likeness (QED) is 0.0263. The second-order valence-corrected chi connectivity index (χ2v) is 17.1. The van der Waals surface area contributed by atoms with Gasteiger partial charge in [-0.25, -0.2) is 0 Å². The summed E-state index contributed by atoms with van der Waals surface area (Å²) in [5, 5.41) is 0. The van der Waals surface area contributed by atoms with Crippen molar-refractivity contribution in [2.24, 2.45) is 0 Å². The highest BCUT2D eigenvalue weighted by Gasteiger charge is 2.19. The van der Waals surface area contributed by atoms with Gasteiger partial charge in [-0.15, -0.1) is 0 Å². The molecule has 0 bridgehead atoms. The normalized spacial score (nSPS) is 12.4. The molecule has 60 heavy (non-hydrogen) atoms. The molecule has 6 nitrogen and oxygen atoms in total. The largest absolute Gasteiger partial charge is 0.462 e. The van der Waals surface area contributed by atoms with Crippen molar-refractivity contribution in [2.45, 2.75) is 264 Å². The van der Waals surface area contributed by atoms with E-state index in [2.05, 4.69) is 69.4 Å². The minimum atomic E-state index is -0.779. The van der Waals surface area contributed by atoms with Crippen LogP contribution in [0.4, 0.5) is 0 Å². The van der Waals surface area contributed by atoms with Crippen LogP contribution in [0.15, 0.2) is 48.6 Å². The molecule has 0 aromatic rings. The van der Waals surface area contributed by atoms with E-state index in [0.717, 1.165) is 103 Å². The van der Waals surface area contributed by atoms with Gasteiger partial charge in [0.2, 0.25) is 0 Å². The molecule has 0 fully saturated rings. The molecule has 0 aromatic carbocycles. The molecule has 6 heteroatoms. The molecule has 0 spiro atoms. The number of unbranched alkanes of at least 4 members (excludes halogenated alkanes) is 27. The number of hydrogen-bond acceptors (Lipinski definition) is 6. The van der Waals surface area contributed by atoms with Gasteiger partial charge in [0, 0.05) is 19.3 Å². The van der Waals surface area contributed by atoms with Crippen molar-refractivity contribution in [3.8, 4) is 0 Å². The Morgan fingerprint density at radius 1 is 0.350 bits per heavy atom. The summed E-state index contributed by atoms with van der Waals surface area (Å²) in [4.78, 5) is 37.9. The molecule has 0 saturated carbocycles. The van der Waals surface area contributed by atoms with E-state index in [1.807, 2.05) is 0 Å². The van der Waals surface area contributed by atoms with E-state index >= 15 is 0 Å². The molecule has 348 valence electrons. The number of rotatable bonds is 46. The fourth-order valence-electron chi connectivity index (χ4n) is 7.22. The maximum Gasteiger partial charge on any atom is 0.306 e. The number of ether oxygens (including phenoxy) is 3. The van der Waals surface area contributed by atoms with E-state index in [1.54, 1.807) is 0 Å². The van der Waals surface area contributed by atoms with Gasteiger partial charge in [0.25, 0.3) is 0 Å². The van der Waals surface area contributed by atoms with Gasteiger partial charge in [-0.1, -0.05) is 211 Å². The van der Waals surface area contributed by atoms with Gasteiger partial charge >= 0.3 is 17.9 Å².